The largest absolute Gasteiger partial charge is 0.493 e. The molecule has 0 N–H and O–H groups in total. The average molecular weight is 251 g/mol. The molecule has 0 saturated heterocycles. The maximum atomic E-state index is 5.53. The van der Waals surface area contributed by atoms with E-state index in [2.05, 4.69) is 42.5 Å². The van der Waals surface area contributed by atoms with E-state index in [9.17, 15) is 0 Å². The molecule has 0 amide bonds. The first-order valence-corrected chi connectivity index (χ1v) is 6.75. The van der Waals surface area contributed by atoms with Gasteiger partial charge < -0.3 is 4.74 Å². The second kappa shape index (κ2) is 4.23. The van der Waals surface area contributed by atoms with Crippen LogP contribution in [0, 0.1) is 0 Å². The molecule has 0 aromatic heterocycles. The van der Waals surface area contributed by atoms with Crippen LogP contribution in [-0.2, 0) is 12.8 Å². The highest BCUT2D eigenvalue weighted by Gasteiger charge is 2.14. The molecule has 4 rings (SSSR count). The summed E-state index contributed by atoms with van der Waals surface area (Å²) in [6.07, 6.45) is 4.27. The summed E-state index contributed by atoms with van der Waals surface area (Å²) in [5, 5.41) is 1.24. The molecule has 0 saturated carbocycles. The molecule has 2 nitrogen and oxygen atoms in total. The molecular weight excluding hydrogens is 236 g/mol. The molecule has 0 spiro atoms. The van der Waals surface area contributed by atoms with Crippen molar-refractivity contribution < 1.29 is 4.74 Å². The zero-order chi connectivity index (χ0) is 12.7. The Labute approximate surface area is 111 Å². The van der Waals surface area contributed by atoms with Crippen molar-refractivity contribution in [2.75, 3.05) is 13.2 Å². The monoisotopic (exact) mass is 251 g/mol. The molecule has 2 aromatic carbocycles. The van der Waals surface area contributed by atoms with Gasteiger partial charge in [-0.2, -0.15) is 0 Å². The van der Waals surface area contributed by atoms with Crippen LogP contribution in [0.2, 0.25) is 0 Å². The molecule has 0 aliphatic carbocycles. The van der Waals surface area contributed by atoms with Crippen molar-refractivity contribution in [3.05, 3.63) is 68.2 Å². The molecule has 0 atom stereocenters. The minimum atomic E-state index is 0.814. The lowest BCUT2D eigenvalue weighted by atomic mass is 10.1. The number of ether oxygens (including phenoxy) is 1. The molecule has 19 heavy (non-hydrogen) atoms. The Balaban J connectivity index is 1.78. The van der Waals surface area contributed by atoms with E-state index in [1.165, 1.54) is 21.9 Å². The molecule has 0 bridgehead atoms. The molecule has 2 aliphatic heterocycles. The molecular formula is C17H15O2+. The third kappa shape index (κ3) is 1.93. The Morgan fingerprint density at radius 3 is 3.00 bits per heavy atom. The lowest BCUT2D eigenvalue weighted by molar-refractivity contribution is 0.357. The summed E-state index contributed by atoms with van der Waals surface area (Å²) in [5.74, 6) is 1.04. The van der Waals surface area contributed by atoms with E-state index in [1.54, 1.807) is 0 Å². The molecule has 0 fully saturated rings. The number of benzene rings is 2. The second-order valence-electron chi connectivity index (χ2n) is 5.08. The number of hydrogen-bond donors (Lipinski definition) is 0. The second-order valence-corrected chi connectivity index (χ2v) is 5.08. The van der Waals surface area contributed by atoms with Crippen LogP contribution >= 0.6 is 0 Å². The van der Waals surface area contributed by atoms with Crippen molar-refractivity contribution in [2.24, 2.45) is 0 Å². The van der Waals surface area contributed by atoms with Gasteiger partial charge in [-0.3, -0.25) is 4.42 Å². The fraction of sp³-hybridized carbons (Fsp3) is 0.235. The molecule has 2 heteroatoms. The van der Waals surface area contributed by atoms with Crippen LogP contribution in [0.4, 0.5) is 0 Å². The molecule has 2 aromatic rings. The van der Waals surface area contributed by atoms with E-state index >= 15 is 0 Å². The van der Waals surface area contributed by atoms with E-state index in [4.69, 9.17) is 9.16 Å². The summed E-state index contributed by atoms with van der Waals surface area (Å²) in [6, 6.07) is 12.8. The van der Waals surface area contributed by atoms with Crippen molar-refractivity contribution in [1.82, 2.24) is 0 Å². The third-order valence-electron chi connectivity index (χ3n) is 3.76. The highest BCUT2D eigenvalue weighted by atomic mass is 16.5. The van der Waals surface area contributed by atoms with Crippen molar-refractivity contribution in [2.45, 2.75) is 12.8 Å². The smallest absolute Gasteiger partial charge is 0.347 e. The summed E-state index contributed by atoms with van der Waals surface area (Å²) in [5.41, 5.74) is 4.92. The van der Waals surface area contributed by atoms with Crippen LogP contribution in [0.25, 0.3) is 6.08 Å². The van der Waals surface area contributed by atoms with Gasteiger partial charge in [-0.15, -0.1) is 0 Å². The van der Waals surface area contributed by atoms with Gasteiger partial charge in [-0.05, 0) is 46.7 Å². The lowest BCUT2D eigenvalue weighted by Crippen LogP contribution is -2.11. The van der Waals surface area contributed by atoms with Gasteiger partial charge >= 0.3 is 5.43 Å². The van der Waals surface area contributed by atoms with E-state index in [1.807, 2.05) is 0 Å². The number of fused-ring (bicyclic) bond motifs is 2. The van der Waals surface area contributed by atoms with Gasteiger partial charge in [-0.25, -0.2) is 0 Å². The van der Waals surface area contributed by atoms with Crippen LogP contribution in [-0.4, -0.2) is 13.2 Å². The zero-order valence-corrected chi connectivity index (χ0v) is 10.7. The highest BCUT2D eigenvalue weighted by molar-refractivity contribution is 5.54. The fourth-order valence-corrected chi connectivity index (χ4v) is 2.79. The zero-order valence-electron chi connectivity index (χ0n) is 10.7. The maximum Gasteiger partial charge on any atom is 0.347 e. The summed E-state index contributed by atoms with van der Waals surface area (Å²) >= 11 is 0. The van der Waals surface area contributed by atoms with Crippen molar-refractivity contribution >= 4 is 6.08 Å². The summed E-state index contributed by atoms with van der Waals surface area (Å²) in [7, 11) is 0. The Bertz CT molecular complexity index is 759. The minimum absolute atomic E-state index is 0.814. The standard InChI is InChI=1S/C17H15O2/c1-3-16-14(5-7-18-16)10-12(1)9-13-2-4-17-15(11-13)6-8-19-17/h1-4,9-11H,5-8H2/q+1. The molecule has 0 unspecified atom stereocenters. The number of rotatable bonds is 1. The van der Waals surface area contributed by atoms with Crippen molar-refractivity contribution in [1.29, 1.82) is 0 Å². The number of hydrogen-bond acceptors (Lipinski definition) is 1. The summed E-state index contributed by atoms with van der Waals surface area (Å²) < 4.78 is 11.1. The van der Waals surface area contributed by atoms with E-state index in [0.29, 0.717) is 0 Å². The first-order chi connectivity index (χ1) is 9.38. The van der Waals surface area contributed by atoms with Crippen molar-refractivity contribution in [3.63, 3.8) is 0 Å². The molecule has 2 heterocycles. The predicted molar refractivity (Wildman–Crippen MR) is 75.7 cm³/mol. The molecule has 0 radical (unpaired) electrons. The van der Waals surface area contributed by atoms with E-state index in [-0.39, 0.29) is 0 Å². The quantitative estimate of drug-likeness (QED) is 0.705. The first kappa shape index (κ1) is 10.8. The first-order valence-electron chi connectivity index (χ1n) is 6.75. The normalized spacial score (nSPS) is 16.7. The summed E-state index contributed by atoms with van der Waals surface area (Å²) in [4.78, 5) is 0. The van der Waals surface area contributed by atoms with Gasteiger partial charge in [0.25, 0.3) is 6.61 Å². The van der Waals surface area contributed by atoms with Gasteiger partial charge in [0, 0.05) is 12.5 Å². The highest BCUT2D eigenvalue weighted by Crippen LogP contribution is 2.25. The van der Waals surface area contributed by atoms with Crippen molar-refractivity contribution in [3.8, 4) is 5.75 Å². The Morgan fingerprint density at radius 1 is 1.00 bits per heavy atom. The third-order valence-corrected chi connectivity index (χ3v) is 3.76. The molecule has 2 aliphatic rings. The van der Waals surface area contributed by atoms with Crippen LogP contribution in [0.3, 0.4) is 0 Å². The van der Waals surface area contributed by atoms with Gasteiger partial charge in [0.05, 0.1) is 18.6 Å². The molecule has 94 valence electrons. The lowest BCUT2D eigenvalue weighted by Gasteiger charge is -1.99. The Kier molecular flexibility index (Phi) is 2.41. The van der Waals surface area contributed by atoms with Crippen LogP contribution in [0.15, 0.2) is 40.8 Å². The predicted octanol–water partition coefficient (Wildman–Crippen LogP) is 1.62. The van der Waals surface area contributed by atoms with Crippen LogP contribution in [0.5, 0.6) is 5.75 Å². The maximum absolute atomic E-state index is 5.53. The van der Waals surface area contributed by atoms with Gasteiger partial charge in [0.1, 0.15) is 5.75 Å². The topological polar surface area (TPSA) is 20.5 Å². The SMILES string of the molecule is C(/c1ccc2c(c1)CCO2)=c1/ccc2c(c1)CC[O+]=2. The van der Waals surface area contributed by atoms with Gasteiger partial charge in [-0.1, -0.05) is 6.07 Å². The van der Waals surface area contributed by atoms with Crippen LogP contribution in [0.1, 0.15) is 16.7 Å². The average Bonchev–Trinajstić information content (AvgIpc) is 3.05. The van der Waals surface area contributed by atoms with Gasteiger partial charge in [0.15, 0.2) is 0 Å². The minimum Gasteiger partial charge on any atom is -0.493 e. The van der Waals surface area contributed by atoms with E-state index in [0.717, 1.165) is 37.2 Å². The van der Waals surface area contributed by atoms with E-state index < -0.39 is 0 Å². The van der Waals surface area contributed by atoms with Gasteiger partial charge in [0.2, 0.25) is 0 Å². The fourth-order valence-electron chi connectivity index (χ4n) is 2.79. The Morgan fingerprint density at radius 2 is 2.00 bits per heavy atom. The Hall–Kier alpha value is -2.09. The summed E-state index contributed by atoms with van der Waals surface area (Å²) in [6.45, 7) is 1.63. The van der Waals surface area contributed by atoms with Crippen LogP contribution < -0.4 is 15.4 Å².